The number of hydrogen-bond acceptors (Lipinski definition) is 3. The van der Waals surface area contributed by atoms with E-state index in [1.165, 1.54) is 12.7 Å². The summed E-state index contributed by atoms with van der Waals surface area (Å²) in [6.07, 6.45) is 2.95. The third-order valence-corrected chi connectivity index (χ3v) is 3.96. The highest BCUT2D eigenvalue weighted by atomic mass is 16.5. The van der Waals surface area contributed by atoms with Crippen molar-refractivity contribution in [3.05, 3.63) is 35.9 Å². The molecule has 5 heteroatoms. The quantitative estimate of drug-likeness (QED) is 0.863. The molecule has 0 radical (unpaired) electrons. The molecular formula is C17H24N2O3. The van der Waals surface area contributed by atoms with Gasteiger partial charge in [-0.25, -0.2) is 0 Å². The van der Waals surface area contributed by atoms with Crippen LogP contribution >= 0.6 is 0 Å². The maximum absolute atomic E-state index is 12.2. The highest BCUT2D eigenvalue weighted by Gasteiger charge is 2.23. The largest absolute Gasteiger partial charge is 0.375 e. The molecule has 0 atom stereocenters. The number of likely N-dealkylation sites (tertiary alicyclic amines) is 1. The molecule has 22 heavy (non-hydrogen) atoms. The lowest BCUT2D eigenvalue weighted by Crippen LogP contribution is -2.47. The number of hydrogen-bond donors (Lipinski definition) is 1. The summed E-state index contributed by atoms with van der Waals surface area (Å²) < 4.78 is 4.80. The van der Waals surface area contributed by atoms with Crippen LogP contribution in [0.3, 0.4) is 0 Å². The zero-order valence-electron chi connectivity index (χ0n) is 13.1. The smallest absolute Gasteiger partial charge is 0.246 e. The monoisotopic (exact) mass is 304 g/mol. The Balaban J connectivity index is 1.69. The number of piperidine rings is 1. The highest BCUT2D eigenvalue weighted by molar-refractivity contribution is 5.78. The van der Waals surface area contributed by atoms with Crippen LogP contribution in [0.2, 0.25) is 0 Å². The van der Waals surface area contributed by atoms with Crippen LogP contribution in [0.4, 0.5) is 0 Å². The van der Waals surface area contributed by atoms with Crippen molar-refractivity contribution in [1.82, 2.24) is 10.2 Å². The Hall–Kier alpha value is -1.88. The van der Waals surface area contributed by atoms with Crippen molar-refractivity contribution in [2.45, 2.75) is 31.7 Å². The Labute approximate surface area is 131 Å². The predicted molar refractivity (Wildman–Crippen MR) is 84.4 cm³/mol. The van der Waals surface area contributed by atoms with Gasteiger partial charge in [0.1, 0.15) is 6.61 Å². The van der Waals surface area contributed by atoms with E-state index in [1.54, 1.807) is 0 Å². The summed E-state index contributed by atoms with van der Waals surface area (Å²) in [5, 5.41) is 2.94. The second-order valence-electron chi connectivity index (χ2n) is 5.64. The SMILES string of the molecule is COCC(=O)NC1CCN(C(=O)CCc2ccccc2)CC1. The lowest BCUT2D eigenvalue weighted by molar-refractivity contribution is -0.132. The van der Waals surface area contributed by atoms with Crippen molar-refractivity contribution < 1.29 is 14.3 Å². The standard InChI is InChI=1S/C17H24N2O3/c1-22-13-16(20)18-15-9-11-19(12-10-15)17(21)8-7-14-5-3-2-4-6-14/h2-6,15H,7-13H2,1H3,(H,18,20). The zero-order chi connectivity index (χ0) is 15.8. The van der Waals surface area contributed by atoms with Crippen molar-refractivity contribution in [1.29, 1.82) is 0 Å². The molecule has 1 saturated heterocycles. The van der Waals surface area contributed by atoms with Gasteiger partial charge >= 0.3 is 0 Å². The first kappa shape index (κ1) is 16.5. The number of carbonyl (C=O) groups is 2. The molecule has 0 aliphatic carbocycles. The molecule has 1 aliphatic heterocycles. The summed E-state index contributed by atoms with van der Waals surface area (Å²) >= 11 is 0. The third kappa shape index (κ3) is 5.15. The fourth-order valence-electron chi connectivity index (χ4n) is 2.73. The average molecular weight is 304 g/mol. The fourth-order valence-corrected chi connectivity index (χ4v) is 2.73. The Morgan fingerprint density at radius 1 is 1.23 bits per heavy atom. The molecule has 120 valence electrons. The molecule has 0 unspecified atom stereocenters. The first-order valence-electron chi connectivity index (χ1n) is 7.79. The lowest BCUT2D eigenvalue weighted by Gasteiger charge is -2.32. The molecule has 1 aromatic carbocycles. The number of amides is 2. The summed E-state index contributed by atoms with van der Waals surface area (Å²) in [6, 6.07) is 10.2. The summed E-state index contributed by atoms with van der Waals surface area (Å²) in [7, 11) is 1.51. The molecule has 2 rings (SSSR count). The normalized spacial score (nSPS) is 15.6. The molecule has 0 spiro atoms. The van der Waals surface area contributed by atoms with Crippen LogP contribution in [-0.2, 0) is 20.7 Å². The van der Waals surface area contributed by atoms with Crippen molar-refractivity contribution in [2.24, 2.45) is 0 Å². The fraction of sp³-hybridized carbons (Fsp3) is 0.529. The molecule has 1 aliphatic rings. The van der Waals surface area contributed by atoms with Crippen molar-refractivity contribution in [3.8, 4) is 0 Å². The van der Waals surface area contributed by atoms with Gasteiger partial charge in [0.05, 0.1) is 0 Å². The Kier molecular flexibility index (Phi) is 6.40. The van der Waals surface area contributed by atoms with E-state index in [1.807, 2.05) is 35.2 Å². The van der Waals surface area contributed by atoms with Gasteiger partial charge in [-0.05, 0) is 24.8 Å². The second-order valence-corrected chi connectivity index (χ2v) is 5.64. The molecule has 0 saturated carbocycles. The van der Waals surface area contributed by atoms with Gasteiger partial charge < -0.3 is 15.0 Å². The van der Waals surface area contributed by atoms with Crippen molar-refractivity contribution >= 4 is 11.8 Å². The van der Waals surface area contributed by atoms with Gasteiger partial charge in [-0.3, -0.25) is 9.59 Å². The molecule has 5 nitrogen and oxygen atoms in total. The van der Waals surface area contributed by atoms with E-state index in [0.29, 0.717) is 19.5 Å². The third-order valence-electron chi connectivity index (χ3n) is 3.96. The number of nitrogens with one attached hydrogen (secondary N) is 1. The topological polar surface area (TPSA) is 58.6 Å². The second kappa shape index (κ2) is 8.54. The van der Waals surface area contributed by atoms with Gasteiger partial charge in [0.15, 0.2) is 0 Å². The van der Waals surface area contributed by atoms with Gasteiger partial charge in [-0.1, -0.05) is 30.3 Å². The number of rotatable bonds is 6. The van der Waals surface area contributed by atoms with Gasteiger partial charge in [0.25, 0.3) is 0 Å². The van der Waals surface area contributed by atoms with E-state index in [9.17, 15) is 9.59 Å². The minimum absolute atomic E-state index is 0.0867. The maximum atomic E-state index is 12.2. The first-order valence-corrected chi connectivity index (χ1v) is 7.79. The number of carbonyl (C=O) groups excluding carboxylic acids is 2. The molecule has 1 fully saturated rings. The Morgan fingerprint density at radius 3 is 2.55 bits per heavy atom. The highest BCUT2D eigenvalue weighted by Crippen LogP contribution is 2.13. The number of ether oxygens (including phenoxy) is 1. The molecule has 1 N–H and O–H groups in total. The Bertz CT molecular complexity index is 482. The Morgan fingerprint density at radius 2 is 1.91 bits per heavy atom. The van der Waals surface area contributed by atoms with Crippen molar-refractivity contribution in [2.75, 3.05) is 26.8 Å². The van der Waals surface area contributed by atoms with E-state index < -0.39 is 0 Å². The van der Waals surface area contributed by atoms with E-state index in [4.69, 9.17) is 4.74 Å². The van der Waals surface area contributed by atoms with E-state index in [0.717, 1.165) is 19.3 Å². The number of benzene rings is 1. The summed E-state index contributed by atoms with van der Waals surface area (Å²) in [4.78, 5) is 25.6. The minimum atomic E-state index is -0.0867. The van der Waals surface area contributed by atoms with Gasteiger partial charge in [0, 0.05) is 32.7 Å². The van der Waals surface area contributed by atoms with Crippen molar-refractivity contribution in [3.63, 3.8) is 0 Å². The van der Waals surface area contributed by atoms with Crippen LogP contribution in [0.15, 0.2) is 30.3 Å². The average Bonchev–Trinajstić information content (AvgIpc) is 2.54. The maximum Gasteiger partial charge on any atom is 0.246 e. The van der Waals surface area contributed by atoms with E-state index in [2.05, 4.69) is 5.32 Å². The molecule has 0 bridgehead atoms. The first-order chi connectivity index (χ1) is 10.7. The van der Waals surface area contributed by atoms with Crippen LogP contribution in [0.5, 0.6) is 0 Å². The van der Waals surface area contributed by atoms with Crippen LogP contribution in [0, 0.1) is 0 Å². The number of aryl methyl sites for hydroxylation is 1. The van der Waals surface area contributed by atoms with Gasteiger partial charge in [0.2, 0.25) is 11.8 Å². The lowest BCUT2D eigenvalue weighted by atomic mass is 10.0. The molecule has 0 aromatic heterocycles. The predicted octanol–water partition coefficient (Wildman–Crippen LogP) is 1.37. The molecular weight excluding hydrogens is 280 g/mol. The summed E-state index contributed by atoms with van der Waals surface area (Å²) in [6.45, 7) is 1.52. The summed E-state index contributed by atoms with van der Waals surface area (Å²) in [5.41, 5.74) is 1.19. The van der Waals surface area contributed by atoms with Crippen LogP contribution in [0.25, 0.3) is 0 Å². The number of methoxy groups -OCH3 is 1. The summed E-state index contributed by atoms with van der Waals surface area (Å²) in [5.74, 6) is 0.113. The van der Waals surface area contributed by atoms with Crippen LogP contribution < -0.4 is 5.32 Å². The molecule has 1 heterocycles. The number of nitrogens with zero attached hydrogens (tertiary/aromatic N) is 1. The molecule has 1 aromatic rings. The van der Waals surface area contributed by atoms with Gasteiger partial charge in [-0.15, -0.1) is 0 Å². The molecule has 2 amide bonds. The van der Waals surface area contributed by atoms with Gasteiger partial charge in [-0.2, -0.15) is 0 Å². The van der Waals surface area contributed by atoms with E-state index >= 15 is 0 Å². The van der Waals surface area contributed by atoms with Crippen LogP contribution in [0.1, 0.15) is 24.8 Å². The van der Waals surface area contributed by atoms with Crippen LogP contribution in [-0.4, -0.2) is 49.6 Å². The minimum Gasteiger partial charge on any atom is -0.375 e. The zero-order valence-corrected chi connectivity index (χ0v) is 13.1. The van der Waals surface area contributed by atoms with E-state index in [-0.39, 0.29) is 24.5 Å².